The van der Waals surface area contributed by atoms with Crippen LogP contribution in [0.3, 0.4) is 0 Å². The third kappa shape index (κ3) is 2.59. The van der Waals surface area contributed by atoms with E-state index in [1.807, 2.05) is 0 Å². The summed E-state index contributed by atoms with van der Waals surface area (Å²) in [4.78, 5) is 6.73. The topological polar surface area (TPSA) is 68.2 Å². The van der Waals surface area contributed by atoms with Crippen LogP contribution in [0.15, 0.2) is 4.52 Å². The molecule has 0 saturated carbocycles. The van der Waals surface area contributed by atoms with Crippen molar-refractivity contribution in [2.45, 2.75) is 39.3 Å². The van der Waals surface area contributed by atoms with E-state index in [1.54, 1.807) is 0 Å². The monoisotopic (exact) mass is 224 g/mol. The van der Waals surface area contributed by atoms with Gasteiger partial charge in [0.2, 0.25) is 5.89 Å². The molecule has 1 aromatic heterocycles. The standard InChI is InChI=1S/C11H20N4O/c1-8(2)15-4-3-9(7-15)5-11-13-10(6-12)14-16-11/h8-9H,3-7,12H2,1-2H3. The molecule has 0 aromatic carbocycles. The Morgan fingerprint density at radius 2 is 2.38 bits per heavy atom. The summed E-state index contributed by atoms with van der Waals surface area (Å²) < 4.78 is 5.15. The van der Waals surface area contributed by atoms with E-state index in [4.69, 9.17) is 10.3 Å². The van der Waals surface area contributed by atoms with Crippen molar-refractivity contribution < 1.29 is 4.52 Å². The SMILES string of the molecule is CC(C)N1CCC(Cc2nc(CN)no2)C1. The molecule has 1 aliphatic rings. The van der Waals surface area contributed by atoms with Gasteiger partial charge in [-0.3, -0.25) is 0 Å². The fourth-order valence-electron chi connectivity index (χ4n) is 2.20. The van der Waals surface area contributed by atoms with Crippen LogP contribution in [-0.4, -0.2) is 34.2 Å². The first-order chi connectivity index (χ1) is 7.69. The van der Waals surface area contributed by atoms with Crippen molar-refractivity contribution in [2.24, 2.45) is 11.7 Å². The smallest absolute Gasteiger partial charge is 0.227 e. The molecule has 1 atom stereocenters. The summed E-state index contributed by atoms with van der Waals surface area (Å²) in [6.07, 6.45) is 2.11. The second-order valence-electron chi connectivity index (χ2n) is 4.76. The van der Waals surface area contributed by atoms with Gasteiger partial charge in [-0.25, -0.2) is 0 Å². The molecule has 5 nitrogen and oxygen atoms in total. The number of rotatable bonds is 4. The molecular weight excluding hydrogens is 204 g/mol. The zero-order chi connectivity index (χ0) is 11.5. The van der Waals surface area contributed by atoms with Crippen molar-refractivity contribution in [3.05, 3.63) is 11.7 Å². The number of aromatic nitrogens is 2. The zero-order valence-electron chi connectivity index (χ0n) is 10.0. The van der Waals surface area contributed by atoms with Gasteiger partial charge in [0.1, 0.15) is 0 Å². The van der Waals surface area contributed by atoms with E-state index < -0.39 is 0 Å². The first kappa shape index (κ1) is 11.5. The molecule has 2 rings (SSSR count). The van der Waals surface area contributed by atoms with Crippen LogP contribution in [0.5, 0.6) is 0 Å². The highest BCUT2D eigenvalue weighted by molar-refractivity contribution is 4.90. The van der Waals surface area contributed by atoms with Gasteiger partial charge in [-0.1, -0.05) is 5.16 Å². The Kier molecular flexibility index (Phi) is 3.56. The van der Waals surface area contributed by atoms with E-state index in [2.05, 4.69) is 28.9 Å². The van der Waals surface area contributed by atoms with Crippen LogP contribution in [0.25, 0.3) is 0 Å². The van der Waals surface area contributed by atoms with Crippen molar-refractivity contribution in [3.8, 4) is 0 Å². The first-order valence-electron chi connectivity index (χ1n) is 5.94. The highest BCUT2D eigenvalue weighted by Gasteiger charge is 2.25. The Morgan fingerprint density at radius 1 is 1.56 bits per heavy atom. The average Bonchev–Trinajstić information content (AvgIpc) is 2.87. The second-order valence-corrected chi connectivity index (χ2v) is 4.76. The normalized spacial score (nSPS) is 22.1. The number of likely N-dealkylation sites (tertiary alicyclic amines) is 1. The first-order valence-corrected chi connectivity index (χ1v) is 5.94. The Labute approximate surface area is 96.0 Å². The predicted octanol–water partition coefficient (Wildman–Crippen LogP) is 0.801. The molecule has 0 spiro atoms. The molecule has 2 heterocycles. The van der Waals surface area contributed by atoms with Crippen LogP contribution in [0.4, 0.5) is 0 Å². The molecule has 0 amide bonds. The molecule has 1 aromatic rings. The third-order valence-corrected chi connectivity index (χ3v) is 3.20. The second kappa shape index (κ2) is 4.93. The fourth-order valence-corrected chi connectivity index (χ4v) is 2.20. The Balaban J connectivity index is 1.87. The van der Waals surface area contributed by atoms with Gasteiger partial charge < -0.3 is 15.2 Å². The van der Waals surface area contributed by atoms with Gasteiger partial charge in [0.25, 0.3) is 0 Å². The molecule has 5 heteroatoms. The highest BCUT2D eigenvalue weighted by atomic mass is 16.5. The van der Waals surface area contributed by atoms with E-state index in [1.165, 1.54) is 13.0 Å². The van der Waals surface area contributed by atoms with Crippen LogP contribution in [0.1, 0.15) is 32.0 Å². The van der Waals surface area contributed by atoms with Gasteiger partial charge in [-0.2, -0.15) is 4.98 Å². The number of hydrogen-bond donors (Lipinski definition) is 1. The minimum atomic E-state index is 0.353. The number of hydrogen-bond acceptors (Lipinski definition) is 5. The quantitative estimate of drug-likeness (QED) is 0.819. The Bertz CT molecular complexity index is 336. The number of nitrogens with zero attached hydrogens (tertiary/aromatic N) is 3. The summed E-state index contributed by atoms with van der Waals surface area (Å²) in [5, 5.41) is 3.81. The Morgan fingerprint density at radius 3 is 2.94 bits per heavy atom. The van der Waals surface area contributed by atoms with E-state index >= 15 is 0 Å². The maximum absolute atomic E-state index is 5.44. The minimum Gasteiger partial charge on any atom is -0.339 e. The van der Waals surface area contributed by atoms with Gasteiger partial charge in [0.05, 0.1) is 6.54 Å². The van der Waals surface area contributed by atoms with Crippen molar-refractivity contribution in [1.82, 2.24) is 15.0 Å². The van der Waals surface area contributed by atoms with E-state index in [0.717, 1.165) is 18.9 Å². The minimum absolute atomic E-state index is 0.353. The van der Waals surface area contributed by atoms with Crippen LogP contribution in [0.2, 0.25) is 0 Å². The van der Waals surface area contributed by atoms with Crippen molar-refractivity contribution in [2.75, 3.05) is 13.1 Å². The summed E-state index contributed by atoms with van der Waals surface area (Å²) in [7, 11) is 0. The maximum Gasteiger partial charge on any atom is 0.227 e. The maximum atomic E-state index is 5.44. The summed E-state index contributed by atoms with van der Waals surface area (Å²) in [6.45, 7) is 7.15. The molecule has 1 unspecified atom stereocenters. The fraction of sp³-hybridized carbons (Fsp3) is 0.818. The van der Waals surface area contributed by atoms with Gasteiger partial charge in [-0.05, 0) is 32.7 Å². The lowest BCUT2D eigenvalue weighted by Gasteiger charge is -2.19. The van der Waals surface area contributed by atoms with Crippen LogP contribution < -0.4 is 5.73 Å². The van der Waals surface area contributed by atoms with E-state index in [0.29, 0.717) is 24.3 Å². The zero-order valence-corrected chi connectivity index (χ0v) is 10.0. The molecule has 1 saturated heterocycles. The van der Waals surface area contributed by atoms with Crippen LogP contribution >= 0.6 is 0 Å². The van der Waals surface area contributed by atoms with Gasteiger partial charge in [-0.15, -0.1) is 0 Å². The predicted molar refractivity (Wildman–Crippen MR) is 60.7 cm³/mol. The molecule has 16 heavy (non-hydrogen) atoms. The summed E-state index contributed by atoms with van der Waals surface area (Å²) in [5.41, 5.74) is 5.44. The largest absolute Gasteiger partial charge is 0.339 e. The lowest BCUT2D eigenvalue weighted by molar-refractivity contribution is 0.260. The summed E-state index contributed by atoms with van der Waals surface area (Å²) in [6, 6.07) is 0.632. The van der Waals surface area contributed by atoms with E-state index in [-0.39, 0.29) is 0 Å². The molecule has 1 fully saturated rings. The van der Waals surface area contributed by atoms with Gasteiger partial charge in [0.15, 0.2) is 5.82 Å². The van der Waals surface area contributed by atoms with Crippen LogP contribution in [0, 0.1) is 5.92 Å². The van der Waals surface area contributed by atoms with Crippen molar-refractivity contribution in [3.63, 3.8) is 0 Å². The highest BCUT2D eigenvalue weighted by Crippen LogP contribution is 2.21. The van der Waals surface area contributed by atoms with Gasteiger partial charge in [0, 0.05) is 19.0 Å². The molecule has 0 bridgehead atoms. The lowest BCUT2D eigenvalue weighted by Crippen LogP contribution is -2.28. The molecule has 1 aliphatic heterocycles. The number of nitrogens with two attached hydrogens (primary N) is 1. The van der Waals surface area contributed by atoms with E-state index in [9.17, 15) is 0 Å². The molecule has 0 aliphatic carbocycles. The molecule has 2 N–H and O–H groups in total. The Hall–Kier alpha value is -0.940. The lowest BCUT2D eigenvalue weighted by atomic mass is 10.1. The molecule has 90 valence electrons. The average molecular weight is 224 g/mol. The summed E-state index contributed by atoms with van der Waals surface area (Å²) in [5.74, 6) is 1.98. The summed E-state index contributed by atoms with van der Waals surface area (Å²) >= 11 is 0. The van der Waals surface area contributed by atoms with Crippen LogP contribution in [-0.2, 0) is 13.0 Å². The van der Waals surface area contributed by atoms with Crippen molar-refractivity contribution >= 4 is 0 Å². The molecular formula is C11H20N4O. The molecule has 0 radical (unpaired) electrons. The third-order valence-electron chi connectivity index (χ3n) is 3.20. The van der Waals surface area contributed by atoms with Crippen molar-refractivity contribution in [1.29, 1.82) is 0 Å². The van der Waals surface area contributed by atoms with Gasteiger partial charge >= 0.3 is 0 Å².